The number of amides is 2. The summed E-state index contributed by atoms with van der Waals surface area (Å²) in [6.45, 7) is 2.03. The van der Waals surface area contributed by atoms with E-state index in [1.165, 1.54) is 0 Å². The van der Waals surface area contributed by atoms with Crippen LogP contribution in [0.4, 0.5) is 4.79 Å². The first-order valence-electron chi connectivity index (χ1n) is 5.51. The normalized spacial score (nSPS) is 22.8. The monoisotopic (exact) mass is 234 g/mol. The average Bonchev–Trinajstić information content (AvgIpc) is 2.73. The number of hydrogen-bond donors (Lipinski definition) is 2. The third-order valence-corrected chi connectivity index (χ3v) is 2.61. The fraction of sp³-hybridized carbons (Fsp3) is 0.333. The molecule has 0 spiro atoms. The Balaban J connectivity index is 2.20. The van der Waals surface area contributed by atoms with E-state index in [9.17, 15) is 9.59 Å². The second-order valence-electron chi connectivity index (χ2n) is 3.74. The van der Waals surface area contributed by atoms with Gasteiger partial charge >= 0.3 is 12.0 Å². The molecule has 2 rings (SSSR count). The summed E-state index contributed by atoms with van der Waals surface area (Å²) in [5, 5.41) is 5.27. The molecule has 17 heavy (non-hydrogen) atoms. The number of rotatable bonds is 3. The van der Waals surface area contributed by atoms with Crippen molar-refractivity contribution < 1.29 is 14.3 Å². The Bertz CT molecular complexity index is 419. The van der Waals surface area contributed by atoms with Gasteiger partial charge in [-0.2, -0.15) is 0 Å². The summed E-state index contributed by atoms with van der Waals surface area (Å²) in [7, 11) is 0. The molecule has 1 aliphatic rings. The highest BCUT2D eigenvalue weighted by atomic mass is 16.5. The molecule has 0 unspecified atom stereocenters. The van der Waals surface area contributed by atoms with Crippen LogP contribution in [-0.2, 0) is 9.53 Å². The van der Waals surface area contributed by atoms with Crippen molar-refractivity contribution in [1.29, 1.82) is 0 Å². The summed E-state index contributed by atoms with van der Waals surface area (Å²) in [5.41, 5.74) is 0.879. The molecule has 2 amide bonds. The zero-order valence-corrected chi connectivity index (χ0v) is 9.47. The maximum absolute atomic E-state index is 11.7. The molecule has 1 aromatic carbocycles. The van der Waals surface area contributed by atoms with Gasteiger partial charge in [0.1, 0.15) is 0 Å². The van der Waals surface area contributed by atoms with E-state index in [1.807, 2.05) is 30.3 Å². The zero-order valence-electron chi connectivity index (χ0n) is 9.47. The van der Waals surface area contributed by atoms with Gasteiger partial charge in [0.05, 0.1) is 12.6 Å². The quantitative estimate of drug-likeness (QED) is 0.766. The van der Waals surface area contributed by atoms with Crippen molar-refractivity contribution in [2.45, 2.75) is 19.0 Å². The van der Waals surface area contributed by atoms with Crippen LogP contribution in [0, 0.1) is 0 Å². The summed E-state index contributed by atoms with van der Waals surface area (Å²) < 4.78 is 4.93. The lowest BCUT2D eigenvalue weighted by Crippen LogP contribution is -2.37. The summed E-state index contributed by atoms with van der Waals surface area (Å²) in [6.07, 6.45) is 0. The average molecular weight is 234 g/mol. The third kappa shape index (κ3) is 2.38. The Hall–Kier alpha value is -2.04. The smallest absolute Gasteiger partial charge is 0.331 e. The molecular weight excluding hydrogens is 220 g/mol. The Kier molecular flexibility index (Phi) is 3.27. The van der Waals surface area contributed by atoms with Crippen molar-refractivity contribution in [2.24, 2.45) is 0 Å². The predicted molar refractivity (Wildman–Crippen MR) is 61.3 cm³/mol. The van der Waals surface area contributed by atoms with Gasteiger partial charge in [0.15, 0.2) is 6.04 Å². The van der Waals surface area contributed by atoms with Gasteiger partial charge in [-0.05, 0) is 12.5 Å². The van der Waals surface area contributed by atoms with Gasteiger partial charge in [-0.1, -0.05) is 30.3 Å². The number of hydrogen-bond acceptors (Lipinski definition) is 3. The standard InChI is InChI=1S/C12H14N2O3/c1-2-17-11(15)10-9(13-12(16)14-10)8-6-4-3-5-7-8/h3-7,9-10H,2H2,1H3,(H2,13,14,16)/t9-,10+/m0/s1. The van der Waals surface area contributed by atoms with Crippen LogP contribution in [0.15, 0.2) is 30.3 Å². The summed E-state index contributed by atoms with van der Waals surface area (Å²) >= 11 is 0. The molecule has 2 N–H and O–H groups in total. The molecule has 1 heterocycles. The molecule has 90 valence electrons. The minimum absolute atomic E-state index is 0.298. The van der Waals surface area contributed by atoms with E-state index in [0.29, 0.717) is 6.61 Å². The van der Waals surface area contributed by atoms with Gasteiger partial charge in [0, 0.05) is 0 Å². The van der Waals surface area contributed by atoms with Gasteiger partial charge < -0.3 is 15.4 Å². The Labute approximate surface area is 99.2 Å². The lowest BCUT2D eigenvalue weighted by molar-refractivity contribution is -0.145. The fourth-order valence-corrected chi connectivity index (χ4v) is 1.85. The molecule has 5 heteroatoms. The second kappa shape index (κ2) is 4.86. The first-order chi connectivity index (χ1) is 8.22. The number of ether oxygens (including phenoxy) is 1. The molecule has 0 radical (unpaired) electrons. The zero-order chi connectivity index (χ0) is 12.3. The number of esters is 1. The van der Waals surface area contributed by atoms with Crippen LogP contribution in [0.25, 0.3) is 0 Å². The van der Waals surface area contributed by atoms with Crippen molar-refractivity contribution >= 4 is 12.0 Å². The molecule has 0 aliphatic carbocycles. The van der Waals surface area contributed by atoms with Gasteiger partial charge in [0.25, 0.3) is 0 Å². The van der Waals surface area contributed by atoms with E-state index in [-0.39, 0.29) is 12.1 Å². The van der Waals surface area contributed by atoms with Crippen molar-refractivity contribution in [1.82, 2.24) is 10.6 Å². The number of urea groups is 1. The molecule has 0 saturated carbocycles. The third-order valence-electron chi connectivity index (χ3n) is 2.61. The van der Waals surface area contributed by atoms with Crippen LogP contribution >= 0.6 is 0 Å². The Morgan fingerprint density at radius 1 is 1.29 bits per heavy atom. The van der Waals surface area contributed by atoms with E-state index in [2.05, 4.69) is 10.6 Å². The fourth-order valence-electron chi connectivity index (χ4n) is 1.85. The van der Waals surface area contributed by atoms with E-state index in [0.717, 1.165) is 5.56 Å². The molecule has 1 aliphatic heterocycles. The van der Waals surface area contributed by atoms with Crippen LogP contribution in [0.1, 0.15) is 18.5 Å². The number of carbonyl (C=O) groups excluding carboxylic acids is 2. The van der Waals surface area contributed by atoms with Crippen molar-refractivity contribution in [3.05, 3.63) is 35.9 Å². The summed E-state index contributed by atoms with van der Waals surface area (Å²) in [5.74, 6) is -0.417. The molecule has 1 aromatic rings. The van der Waals surface area contributed by atoms with Crippen LogP contribution < -0.4 is 10.6 Å². The van der Waals surface area contributed by atoms with Crippen LogP contribution in [-0.4, -0.2) is 24.6 Å². The van der Waals surface area contributed by atoms with Gasteiger partial charge in [0.2, 0.25) is 0 Å². The molecule has 5 nitrogen and oxygen atoms in total. The lowest BCUT2D eigenvalue weighted by Gasteiger charge is -2.16. The highest BCUT2D eigenvalue weighted by Gasteiger charge is 2.38. The van der Waals surface area contributed by atoms with E-state index in [4.69, 9.17) is 4.74 Å². The summed E-state index contributed by atoms with van der Waals surface area (Å²) in [6, 6.07) is 7.95. The maximum Gasteiger partial charge on any atom is 0.331 e. The van der Waals surface area contributed by atoms with Gasteiger partial charge in [-0.15, -0.1) is 0 Å². The number of carbonyl (C=O) groups is 2. The molecule has 0 aromatic heterocycles. The Morgan fingerprint density at radius 2 is 2.00 bits per heavy atom. The molecule has 0 bridgehead atoms. The van der Waals surface area contributed by atoms with Crippen LogP contribution in [0.3, 0.4) is 0 Å². The first kappa shape index (κ1) is 11.4. The second-order valence-corrected chi connectivity index (χ2v) is 3.74. The maximum atomic E-state index is 11.7. The Morgan fingerprint density at radius 3 is 2.65 bits per heavy atom. The van der Waals surface area contributed by atoms with E-state index < -0.39 is 12.0 Å². The topological polar surface area (TPSA) is 67.4 Å². The van der Waals surface area contributed by atoms with Crippen molar-refractivity contribution in [3.8, 4) is 0 Å². The first-order valence-corrected chi connectivity index (χ1v) is 5.51. The minimum atomic E-state index is -0.662. The summed E-state index contributed by atoms with van der Waals surface area (Å²) in [4.78, 5) is 23.0. The molecule has 1 saturated heterocycles. The predicted octanol–water partition coefficient (Wildman–Crippen LogP) is 0.972. The lowest BCUT2D eigenvalue weighted by atomic mass is 10.0. The molecule has 1 fully saturated rings. The van der Waals surface area contributed by atoms with E-state index >= 15 is 0 Å². The SMILES string of the molecule is CCOC(=O)[C@@H]1NC(=O)N[C@H]1c1ccccc1. The van der Waals surface area contributed by atoms with Crippen molar-refractivity contribution in [2.75, 3.05) is 6.61 Å². The number of benzene rings is 1. The largest absolute Gasteiger partial charge is 0.464 e. The number of nitrogens with one attached hydrogen (secondary N) is 2. The van der Waals surface area contributed by atoms with Crippen LogP contribution in [0.5, 0.6) is 0 Å². The highest BCUT2D eigenvalue weighted by Crippen LogP contribution is 2.21. The minimum Gasteiger partial charge on any atom is -0.464 e. The van der Waals surface area contributed by atoms with Crippen molar-refractivity contribution in [3.63, 3.8) is 0 Å². The molecular formula is C12H14N2O3. The molecule has 2 atom stereocenters. The van der Waals surface area contributed by atoms with E-state index in [1.54, 1.807) is 6.92 Å². The van der Waals surface area contributed by atoms with Crippen LogP contribution in [0.2, 0.25) is 0 Å². The highest BCUT2D eigenvalue weighted by molar-refractivity contribution is 5.88. The van der Waals surface area contributed by atoms with Gasteiger partial charge in [-0.25, -0.2) is 9.59 Å². The van der Waals surface area contributed by atoms with Gasteiger partial charge in [-0.3, -0.25) is 0 Å².